The van der Waals surface area contributed by atoms with Gasteiger partial charge in [0.05, 0.1) is 12.9 Å². The third-order valence-corrected chi connectivity index (χ3v) is 5.65. The summed E-state index contributed by atoms with van der Waals surface area (Å²) < 4.78 is 13.4. The first-order valence-electron chi connectivity index (χ1n) is 11.3. The predicted molar refractivity (Wildman–Crippen MR) is 129 cm³/mol. The Balaban J connectivity index is 1.66. The zero-order valence-corrected chi connectivity index (χ0v) is 18.8. The van der Waals surface area contributed by atoms with E-state index in [1.807, 2.05) is 47.2 Å². The van der Waals surface area contributed by atoms with Gasteiger partial charge in [-0.1, -0.05) is 74.0 Å². The number of benzene rings is 2. The van der Waals surface area contributed by atoms with E-state index < -0.39 is 0 Å². The Labute approximate surface area is 193 Å². The van der Waals surface area contributed by atoms with Crippen molar-refractivity contribution in [2.24, 2.45) is 5.73 Å². The molecule has 2 aromatic heterocycles. The van der Waals surface area contributed by atoms with Crippen LogP contribution >= 0.6 is 0 Å². The van der Waals surface area contributed by atoms with Crippen LogP contribution in [0, 0.1) is 0 Å². The molecule has 0 unspecified atom stereocenters. The molecule has 0 aliphatic rings. The summed E-state index contributed by atoms with van der Waals surface area (Å²) >= 11 is 0. The van der Waals surface area contributed by atoms with E-state index in [0.717, 1.165) is 24.0 Å². The molecular formula is C27H29N3O3. The number of ether oxygens (including phenoxy) is 1. The lowest BCUT2D eigenvalue weighted by Crippen LogP contribution is -2.34. The lowest BCUT2D eigenvalue weighted by Gasteiger charge is -2.26. The first-order chi connectivity index (χ1) is 16.2. The number of nitrogens with two attached hydrogens (primary N) is 1. The molecule has 0 radical (unpaired) electrons. The van der Waals surface area contributed by atoms with E-state index in [2.05, 4.69) is 36.2 Å². The Bertz CT molecular complexity index is 1160. The number of aromatic nitrogens is 2. The Morgan fingerprint density at radius 2 is 1.70 bits per heavy atom. The van der Waals surface area contributed by atoms with Crippen LogP contribution in [0.4, 0.5) is 0 Å². The molecule has 2 aromatic carbocycles. The van der Waals surface area contributed by atoms with E-state index >= 15 is 0 Å². The van der Waals surface area contributed by atoms with Crippen LogP contribution in [0.25, 0.3) is 11.6 Å². The van der Waals surface area contributed by atoms with Gasteiger partial charge in [0.1, 0.15) is 0 Å². The van der Waals surface area contributed by atoms with Crippen LogP contribution in [0.5, 0.6) is 5.75 Å². The maximum Gasteiger partial charge on any atom is 0.227 e. The highest BCUT2D eigenvalue weighted by Crippen LogP contribution is 2.30. The molecule has 0 saturated carbocycles. The summed E-state index contributed by atoms with van der Waals surface area (Å²) in [7, 11) is 0. The van der Waals surface area contributed by atoms with Crippen LogP contribution in [-0.4, -0.2) is 22.2 Å². The Hall–Kier alpha value is -3.64. The van der Waals surface area contributed by atoms with Gasteiger partial charge in [-0.3, -0.25) is 4.79 Å². The molecule has 4 aromatic rings. The first kappa shape index (κ1) is 22.6. The maximum atomic E-state index is 12.5. The highest BCUT2D eigenvalue weighted by molar-refractivity contribution is 5.56. The molecule has 2 N–H and O–H groups in total. The molecule has 6 nitrogen and oxygen atoms in total. The lowest BCUT2D eigenvalue weighted by atomic mass is 9.85. The van der Waals surface area contributed by atoms with Crippen LogP contribution in [0.3, 0.4) is 0 Å². The van der Waals surface area contributed by atoms with Crippen molar-refractivity contribution in [2.45, 2.75) is 38.3 Å². The Morgan fingerprint density at radius 1 is 1.03 bits per heavy atom. The molecule has 0 bridgehead atoms. The summed E-state index contributed by atoms with van der Waals surface area (Å²) in [5.41, 5.74) is 8.88. The molecular weight excluding hydrogens is 414 g/mol. The first-order valence-corrected chi connectivity index (χ1v) is 11.3. The van der Waals surface area contributed by atoms with Crippen molar-refractivity contribution in [3.63, 3.8) is 0 Å². The van der Waals surface area contributed by atoms with Crippen molar-refractivity contribution in [1.29, 1.82) is 0 Å². The second kappa shape index (κ2) is 10.8. The number of rotatable bonds is 10. The third kappa shape index (κ3) is 5.23. The van der Waals surface area contributed by atoms with Gasteiger partial charge in [-0.15, -0.1) is 0 Å². The van der Waals surface area contributed by atoms with Crippen LogP contribution < -0.4 is 15.9 Å². The average molecular weight is 444 g/mol. The summed E-state index contributed by atoms with van der Waals surface area (Å²) in [6.45, 7) is 3.00. The molecule has 1 atom stereocenters. The Morgan fingerprint density at radius 3 is 2.33 bits per heavy atom. The smallest absolute Gasteiger partial charge is 0.227 e. The van der Waals surface area contributed by atoms with E-state index in [1.54, 1.807) is 6.20 Å². The molecule has 0 aliphatic heterocycles. The zero-order chi connectivity index (χ0) is 23.0. The van der Waals surface area contributed by atoms with Crippen LogP contribution in [0.2, 0.25) is 0 Å². The molecule has 170 valence electrons. The highest BCUT2D eigenvalue weighted by Gasteiger charge is 2.25. The van der Waals surface area contributed by atoms with Crippen molar-refractivity contribution in [3.05, 3.63) is 107 Å². The van der Waals surface area contributed by atoms with Gasteiger partial charge >= 0.3 is 0 Å². The van der Waals surface area contributed by atoms with Crippen LogP contribution in [-0.2, 0) is 6.54 Å². The van der Waals surface area contributed by atoms with Gasteiger partial charge in [0.15, 0.2) is 5.82 Å². The van der Waals surface area contributed by atoms with Gasteiger partial charge in [0.2, 0.25) is 16.9 Å². The number of hydrogen-bond acceptors (Lipinski definition) is 5. The van der Waals surface area contributed by atoms with E-state index in [9.17, 15) is 4.79 Å². The summed E-state index contributed by atoms with van der Waals surface area (Å²) in [5, 5.41) is 0. The molecule has 4 rings (SSSR count). The highest BCUT2D eigenvalue weighted by atomic mass is 16.5. The standard InChI is InChI=1S/C27H29N3O3/c1-2-3-17-32-25-23(31)14-18-33-26(25)27-29-15-16-30(27)19-22(28)24(20-10-6-4-7-11-20)21-12-8-5-9-13-21/h4-16,18,22,24H,2-3,17,19,28H2,1H3/t22-/m1/s1. The van der Waals surface area contributed by atoms with Crippen molar-refractivity contribution in [3.8, 4) is 17.3 Å². The summed E-state index contributed by atoms with van der Waals surface area (Å²) in [6, 6.07) is 21.6. The molecule has 6 heteroatoms. The van der Waals surface area contributed by atoms with Crippen molar-refractivity contribution >= 4 is 0 Å². The second-order valence-electron chi connectivity index (χ2n) is 8.01. The van der Waals surface area contributed by atoms with E-state index in [-0.39, 0.29) is 23.1 Å². The minimum absolute atomic E-state index is 0.00861. The molecule has 0 saturated heterocycles. The number of unbranched alkanes of at least 4 members (excludes halogenated alkanes) is 1. The number of imidazole rings is 1. The fourth-order valence-corrected chi connectivity index (χ4v) is 4.02. The fourth-order valence-electron chi connectivity index (χ4n) is 4.02. The summed E-state index contributed by atoms with van der Waals surface area (Å²) in [6.07, 6.45) is 6.73. The Kier molecular flexibility index (Phi) is 7.37. The lowest BCUT2D eigenvalue weighted by molar-refractivity contribution is 0.298. The largest absolute Gasteiger partial charge is 0.486 e. The third-order valence-electron chi connectivity index (χ3n) is 5.65. The number of hydrogen-bond donors (Lipinski definition) is 1. The second-order valence-corrected chi connectivity index (χ2v) is 8.01. The normalized spacial score (nSPS) is 12.1. The van der Waals surface area contributed by atoms with Gasteiger partial charge in [0, 0.05) is 37.0 Å². The molecule has 33 heavy (non-hydrogen) atoms. The van der Waals surface area contributed by atoms with Gasteiger partial charge in [0.25, 0.3) is 0 Å². The van der Waals surface area contributed by atoms with Gasteiger partial charge in [-0.2, -0.15) is 0 Å². The fraction of sp³-hybridized carbons (Fsp3) is 0.259. The zero-order valence-electron chi connectivity index (χ0n) is 18.8. The molecule has 0 aliphatic carbocycles. The minimum atomic E-state index is -0.248. The SMILES string of the molecule is CCCCOc1c(-c2nccn2C[C@@H](N)C(c2ccccc2)c2ccccc2)occc1=O. The van der Waals surface area contributed by atoms with Crippen LogP contribution in [0.15, 0.2) is 94.6 Å². The van der Waals surface area contributed by atoms with Crippen molar-refractivity contribution in [1.82, 2.24) is 9.55 Å². The summed E-state index contributed by atoms with van der Waals surface area (Å²) in [4.78, 5) is 17.0. The molecule has 0 amide bonds. The monoisotopic (exact) mass is 443 g/mol. The quantitative estimate of drug-likeness (QED) is 0.355. The van der Waals surface area contributed by atoms with Crippen molar-refractivity contribution in [2.75, 3.05) is 6.61 Å². The molecule has 0 fully saturated rings. The van der Waals surface area contributed by atoms with Gasteiger partial charge in [-0.25, -0.2) is 4.98 Å². The van der Waals surface area contributed by atoms with Crippen molar-refractivity contribution < 1.29 is 9.15 Å². The molecule has 0 spiro atoms. The predicted octanol–water partition coefficient (Wildman–Crippen LogP) is 4.84. The van der Waals surface area contributed by atoms with Crippen LogP contribution in [0.1, 0.15) is 36.8 Å². The average Bonchev–Trinajstić information content (AvgIpc) is 3.29. The van der Waals surface area contributed by atoms with Gasteiger partial charge in [-0.05, 0) is 17.5 Å². The minimum Gasteiger partial charge on any atom is -0.486 e. The number of nitrogens with zero attached hydrogens (tertiary/aromatic N) is 2. The van der Waals surface area contributed by atoms with E-state index in [1.165, 1.54) is 12.3 Å². The maximum absolute atomic E-state index is 12.5. The van der Waals surface area contributed by atoms with E-state index in [0.29, 0.717) is 24.7 Å². The topological polar surface area (TPSA) is 83.3 Å². The molecule has 2 heterocycles. The summed E-state index contributed by atoms with van der Waals surface area (Å²) in [5.74, 6) is 1.03. The van der Waals surface area contributed by atoms with Gasteiger partial charge < -0.3 is 19.5 Å². The van der Waals surface area contributed by atoms with E-state index in [4.69, 9.17) is 14.9 Å².